The Labute approximate surface area is 131 Å². The van der Waals surface area contributed by atoms with Crippen molar-refractivity contribution in [3.63, 3.8) is 0 Å². The third-order valence-electron chi connectivity index (χ3n) is 3.39. The van der Waals surface area contributed by atoms with Gasteiger partial charge in [0.2, 0.25) is 0 Å². The minimum absolute atomic E-state index is 0.518. The van der Waals surface area contributed by atoms with E-state index in [2.05, 4.69) is 6.07 Å². The van der Waals surface area contributed by atoms with E-state index in [9.17, 15) is 5.11 Å². The van der Waals surface area contributed by atoms with E-state index in [0.29, 0.717) is 18.7 Å². The number of aliphatic hydroxyl groups excluding tert-OH is 1. The first-order valence-corrected chi connectivity index (χ1v) is 7.23. The topological polar surface area (TPSA) is 56.5 Å². The lowest BCUT2D eigenvalue weighted by Gasteiger charge is -2.21. The fourth-order valence-electron chi connectivity index (χ4n) is 2.11. The standard InChI is InChI=1S/C18H20N2O2/c1-20(11-12-22-17-5-3-2-4-6-17)14-18(21)16-9-7-15(13-19)8-10-16/h2-10,18,21H,11-12,14H2,1H3. The molecule has 0 amide bonds. The van der Waals surface area contributed by atoms with Gasteiger partial charge < -0.3 is 14.7 Å². The lowest BCUT2D eigenvalue weighted by atomic mass is 10.1. The van der Waals surface area contributed by atoms with Gasteiger partial charge in [0.15, 0.2) is 0 Å². The number of benzene rings is 2. The molecule has 0 saturated heterocycles. The molecule has 2 aromatic carbocycles. The normalized spacial score (nSPS) is 11.9. The van der Waals surface area contributed by atoms with Gasteiger partial charge in [-0.1, -0.05) is 30.3 Å². The van der Waals surface area contributed by atoms with Gasteiger partial charge in [-0.3, -0.25) is 0 Å². The molecular formula is C18H20N2O2. The summed E-state index contributed by atoms with van der Waals surface area (Å²) in [5, 5.41) is 19.0. The molecule has 2 rings (SSSR count). The Bertz CT molecular complexity index is 605. The van der Waals surface area contributed by atoms with Gasteiger partial charge in [0, 0.05) is 13.1 Å². The molecule has 0 aliphatic heterocycles. The molecule has 4 nitrogen and oxygen atoms in total. The fraction of sp³-hybridized carbons (Fsp3) is 0.278. The maximum absolute atomic E-state index is 10.2. The quantitative estimate of drug-likeness (QED) is 0.853. The maximum atomic E-state index is 10.2. The highest BCUT2D eigenvalue weighted by molar-refractivity contribution is 5.32. The SMILES string of the molecule is CN(CCOc1ccccc1)CC(O)c1ccc(C#N)cc1. The van der Waals surface area contributed by atoms with Crippen molar-refractivity contribution in [1.29, 1.82) is 5.26 Å². The molecule has 1 N–H and O–H groups in total. The highest BCUT2D eigenvalue weighted by Crippen LogP contribution is 2.14. The van der Waals surface area contributed by atoms with E-state index >= 15 is 0 Å². The molecule has 4 heteroatoms. The van der Waals surface area contributed by atoms with Crippen molar-refractivity contribution in [3.05, 3.63) is 65.7 Å². The van der Waals surface area contributed by atoms with Crippen LogP contribution in [0.1, 0.15) is 17.2 Å². The second-order valence-electron chi connectivity index (χ2n) is 5.17. The third-order valence-corrected chi connectivity index (χ3v) is 3.39. The molecule has 0 radical (unpaired) electrons. The first-order chi connectivity index (χ1) is 10.7. The molecule has 2 aromatic rings. The molecule has 0 aliphatic carbocycles. The van der Waals surface area contributed by atoms with Crippen LogP contribution in [0.5, 0.6) is 5.75 Å². The van der Waals surface area contributed by atoms with Crippen molar-refractivity contribution >= 4 is 0 Å². The predicted molar refractivity (Wildman–Crippen MR) is 85.6 cm³/mol. The Balaban J connectivity index is 1.76. The minimum Gasteiger partial charge on any atom is -0.492 e. The monoisotopic (exact) mass is 296 g/mol. The van der Waals surface area contributed by atoms with Crippen molar-refractivity contribution in [2.75, 3.05) is 26.7 Å². The average Bonchev–Trinajstić information content (AvgIpc) is 2.56. The first-order valence-electron chi connectivity index (χ1n) is 7.23. The summed E-state index contributed by atoms with van der Waals surface area (Å²) < 4.78 is 5.63. The zero-order chi connectivity index (χ0) is 15.8. The number of hydrogen-bond donors (Lipinski definition) is 1. The number of nitrogens with zero attached hydrogens (tertiary/aromatic N) is 2. The van der Waals surface area contributed by atoms with Crippen LogP contribution in [-0.4, -0.2) is 36.8 Å². The molecule has 0 aromatic heterocycles. The Morgan fingerprint density at radius 2 is 1.82 bits per heavy atom. The molecule has 0 heterocycles. The fourth-order valence-corrected chi connectivity index (χ4v) is 2.11. The number of ether oxygens (including phenoxy) is 1. The van der Waals surface area contributed by atoms with E-state index in [-0.39, 0.29) is 0 Å². The van der Waals surface area contributed by atoms with Crippen LogP contribution in [0.4, 0.5) is 0 Å². The van der Waals surface area contributed by atoms with Crippen molar-refractivity contribution in [2.45, 2.75) is 6.10 Å². The van der Waals surface area contributed by atoms with Crippen LogP contribution in [0.3, 0.4) is 0 Å². The minimum atomic E-state index is -0.575. The second kappa shape index (κ2) is 8.18. The Morgan fingerprint density at radius 1 is 1.14 bits per heavy atom. The molecular weight excluding hydrogens is 276 g/mol. The second-order valence-corrected chi connectivity index (χ2v) is 5.17. The summed E-state index contributed by atoms with van der Waals surface area (Å²) in [5.74, 6) is 0.851. The molecule has 0 spiro atoms. The molecule has 1 unspecified atom stereocenters. The summed E-state index contributed by atoms with van der Waals surface area (Å²) in [6, 6.07) is 18.8. The summed E-state index contributed by atoms with van der Waals surface area (Å²) in [5.41, 5.74) is 1.41. The molecule has 0 saturated carbocycles. The number of hydrogen-bond acceptors (Lipinski definition) is 4. The van der Waals surface area contributed by atoms with E-state index in [1.165, 1.54) is 0 Å². The van der Waals surface area contributed by atoms with Gasteiger partial charge in [-0.25, -0.2) is 0 Å². The van der Waals surface area contributed by atoms with E-state index < -0.39 is 6.10 Å². The Kier molecular flexibility index (Phi) is 5.96. The highest BCUT2D eigenvalue weighted by atomic mass is 16.5. The van der Waals surface area contributed by atoms with Crippen LogP contribution in [0.15, 0.2) is 54.6 Å². The lowest BCUT2D eigenvalue weighted by Crippen LogP contribution is -2.28. The summed E-state index contributed by atoms with van der Waals surface area (Å²) >= 11 is 0. The summed E-state index contributed by atoms with van der Waals surface area (Å²) in [7, 11) is 1.95. The Hall–Kier alpha value is -2.35. The van der Waals surface area contributed by atoms with E-state index in [0.717, 1.165) is 17.9 Å². The number of para-hydroxylation sites is 1. The van der Waals surface area contributed by atoms with Crippen LogP contribution in [0.2, 0.25) is 0 Å². The van der Waals surface area contributed by atoms with Crippen molar-refractivity contribution in [1.82, 2.24) is 4.90 Å². The van der Waals surface area contributed by atoms with Gasteiger partial charge in [0.25, 0.3) is 0 Å². The van der Waals surface area contributed by atoms with Gasteiger partial charge in [0.1, 0.15) is 12.4 Å². The smallest absolute Gasteiger partial charge is 0.119 e. The first kappa shape index (κ1) is 16.0. The van der Waals surface area contributed by atoms with Crippen molar-refractivity contribution < 1.29 is 9.84 Å². The predicted octanol–water partition coefficient (Wildman–Crippen LogP) is 2.60. The molecule has 0 fully saturated rings. The summed E-state index contributed by atoms with van der Waals surface area (Å²) in [4.78, 5) is 2.02. The highest BCUT2D eigenvalue weighted by Gasteiger charge is 2.10. The van der Waals surface area contributed by atoms with E-state index in [1.807, 2.05) is 42.3 Å². The molecule has 22 heavy (non-hydrogen) atoms. The summed E-state index contributed by atoms with van der Waals surface area (Å²) in [6.45, 7) is 1.81. The van der Waals surface area contributed by atoms with E-state index in [4.69, 9.17) is 10.00 Å². The van der Waals surface area contributed by atoms with Gasteiger partial charge in [-0.2, -0.15) is 5.26 Å². The molecule has 114 valence electrons. The number of nitriles is 1. The zero-order valence-corrected chi connectivity index (χ0v) is 12.6. The number of rotatable bonds is 7. The molecule has 0 bridgehead atoms. The van der Waals surface area contributed by atoms with Gasteiger partial charge >= 0.3 is 0 Å². The summed E-state index contributed by atoms with van der Waals surface area (Å²) in [6.07, 6.45) is -0.575. The van der Waals surface area contributed by atoms with Crippen LogP contribution < -0.4 is 4.74 Å². The van der Waals surface area contributed by atoms with Crippen LogP contribution >= 0.6 is 0 Å². The van der Waals surface area contributed by atoms with Crippen molar-refractivity contribution in [3.8, 4) is 11.8 Å². The number of likely N-dealkylation sites (N-methyl/N-ethyl adjacent to an activating group) is 1. The third kappa shape index (κ3) is 4.88. The largest absolute Gasteiger partial charge is 0.492 e. The van der Waals surface area contributed by atoms with E-state index in [1.54, 1.807) is 24.3 Å². The zero-order valence-electron chi connectivity index (χ0n) is 12.6. The van der Waals surface area contributed by atoms with Gasteiger partial charge in [-0.05, 0) is 36.9 Å². The van der Waals surface area contributed by atoms with Gasteiger partial charge in [0.05, 0.1) is 17.7 Å². The lowest BCUT2D eigenvalue weighted by molar-refractivity contribution is 0.118. The van der Waals surface area contributed by atoms with Crippen molar-refractivity contribution in [2.24, 2.45) is 0 Å². The van der Waals surface area contributed by atoms with Gasteiger partial charge in [-0.15, -0.1) is 0 Å². The van der Waals surface area contributed by atoms with Crippen LogP contribution in [-0.2, 0) is 0 Å². The Morgan fingerprint density at radius 3 is 2.45 bits per heavy atom. The molecule has 1 atom stereocenters. The maximum Gasteiger partial charge on any atom is 0.119 e. The van der Waals surface area contributed by atoms with Crippen LogP contribution in [0.25, 0.3) is 0 Å². The number of aliphatic hydroxyl groups is 1. The van der Waals surface area contributed by atoms with Crippen LogP contribution in [0, 0.1) is 11.3 Å². The molecule has 0 aliphatic rings. The average molecular weight is 296 g/mol.